The van der Waals surface area contributed by atoms with Crippen LogP contribution in [-0.2, 0) is 16.0 Å². The molecule has 1 aromatic rings. The number of carbonyl (C=O) groups excluding carboxylic acids is 2. The predicted molar refractivity (Wildman–Crippen MR) is 55.4 cm³/mol. The summed E-state index contributed by atoms with van der Waals surface area (Å²) < 4.78 is 4.90. The van der Waals surface area contributed by atoms with Gasteiger partial charge in [-0.15, -0.1) is 0 Å². The summed E-state index contributed by atoms with van der Waals surface area (Å²) in [5.74, 6) is -0.355. The van der Waals surface area contributed by atoms with E-state index in [1.807, 2.05) is 6.92 Å². The van der Waals surface area contributed by atoms with Gasteiger partial charge in [-0.3, -0.25) is 9.59 Å². The summed E-state index contributed by atoms with van der Waals surface area (Å²) in [4.78, 5) is 21.5. The predicted octanol–water partition coefficient (Wildman–Crippen LogP) is 0.948. The molecule has 0 bridgehead atoms. The molecular formula is C11H13NO3. The Balaban J connectivity index is 2.94. The molecule has 1 rings (SSSR count). The lowest BCUT2D eigenvalue weighted by atomic mass is 10.1. The highest BCUT2D eigenvalue weighted by Gasteiger charge is 2.05. The van der Waals surface area contributed by atoms with E-state index in [1.54, 1.807) is 18.2 Å². The van der Waals surface area contributed by atoms with Gasteiger partial charge >= 0.3 is 5.97 Å². The van der Waals surface area contributed by atoms with Crippen molar-refractivity contribution < 1.29 is 14.3 Å². The van der Waals surface area contributed by atoms with Gasteiger partial charge in [0.15, 0.2) is 0 Å². The molecular weight excluding hydrogens is 194 g/mol. The number of hydrogen-bond acceptors (Lipinski definition) is 3. The SMILES string of the molecule is CC(=O)Oc1ccc(C)c(CC(N)=O)c1. The number of rotatable bonds is 3. The lowest BCUT2D eigenvalue weighted by molar-refractivity contribution is -0.131. The van der Waals surface area contributed by atoms with E-state index in [4.69, 9.17) is 10.5 Å². The quantitative estimate of drug-likeness (QED) is 0.592. The molecule has 0 aliphatic rings. The van der Waals surface area contributed by atoms with Gasteiger partial charge in [0.25, 0.3) is 0 Å². The summed E-state index contributed by atoms with van der Waals surface area (Å²) in [5, 5.41) is 0. The van der Waals surface area contributed by atoms with E-state index in [9.17, 15) is 9.59 Å². The minimum atomic E-state index is -0.405. The van der Waals surface area contributed by atoms with E-state index in [2.05, 4.69) is 0 Å². The molecule has 80 valence electrons. The Bertz CT molecular complexity index is 399. The molecule has 0 aromatic heterocycles. The van der Waals surface area contributed by atoms with Crippen LogP contribution in [0.2, 0.25) is 0 Å². The summed E-state index contributed by atoms with van der Waals surface area (Å²) in [6, 6.07) is 5.12. The van der Waals surface area contributed by atoms with E-state index in [-0.39, 0.29) is 12.4 Å². The van der Waals surface area contributed by atoms with Crippen LogP contribution < -0.4 is 10.5 Å². The molecule has 4 heteroatoms. The van der Waals surface area contributed by atoms with Crippen LogP contribution in [0.3, 0.4) is 0 Å². The molecule has 2 N–H and O–H groups in total. The number of aryl methyl sites for hydroxylation is 1. The van der Waals surface area contributed by atoms with Gasteiger partial charge < -0.3 is 10.5 Å². The summed E-state index contributed by atoms with van der Waals surface area (Å²) in [7, 11) is 0. The van der Waals surface area contributed by atoms with E-state index in [0.717, 1.165) is 11.1 Å². The van der Waals surface area contributed by atoms with Crippen LogP contribution in [0.5, 0.6) is 5.75 Å². The van der Waals surface area contributed by atoms with Crippen LogP contribution in [0, 0.1) is 6.92 Å². The molecule has 0 aliphatic carbocycles. The lowest BCUT2D eigenvalue weighted by Crippen LogP contribution is -2.14. The zero-order chi connectivity index (χ0) is 11.4. The Kier molecular flexibility index (Phi) is 3.44. The summed E-state index contributed by atoms with van der Waals surface area (Å²) in [6.45, 7) is 3.20. The average Bonchev–Trinajstić information content (AvgIpc) is 2.09. The highest BCUT2D eigenvalue weighted by molar-refractivity contribution is 5.77. The third-order valence-corrected chi connectivity index (χ3v) is 1.95. The summed E-state index contributed by atoms with van der Waals surface area (Å²) in [6.07, 6.45) is 0.154. The third kappa shape index (κ3) is 3.42. The fourth-order valence-corrected chi connectivity index (χ4v) is 1.26. The second-order valence-electron chi connectivity index (χ2n) is 3.33. The van der Waals surface area contributed by atoms with Crippen molar-refractivity contribution in [3.05, 3.63) is 29.3 Å². The van der Waals surface area contributed by atoms with Crippen molar-refractivity contribution >= 4 is 11.9 Å². The largest absolute Gasteiger partial charge is 0.427 e. The van der Waals surface area contributed by atoms with Crippen molar-refractivity contribution in [2.24, 2.45) is 5.73 Å². The Morgan fingerprint density at radius 2 is 2.07 bits per heavy atom. The average molecular weight is 207 g/mol. The van der Waals surface area contributed by atoms with Crippen LogP contribution >= 0.6 is 0 Å². The summed E-state index contributed by atoms with van der Waals surface area (Å²) >= 11 is 0. The zero-order valence-corrected chi connectivity index (χ0v) is 8.74. The van der Waals surface area contributed by atoms with Gasteiger partial charge in [0.1, 0.15) is 5.75 Å². The molecule has 4 nitrogen and oxygen atoms in total. The van der Waals surface area contributed by atoms with Crippen molar-refractivity contribution in [3.8, 4) is 5.75 Å². The smallest absolute Gasteiger partial charge is 0.308 e. The van der Waals surface area contributed by atoms with Gasteiger partial charge in [-0.25, -0.2) is 0 Å². The van der Waals surface area contributed by atoms with E-state index in [0.29, 0.717) is 5.75 Å². The Hall–Kier alpha value is -1.84. The minimum absolute atomic E-state index is 0.154. The molecule has 0 unspecified atom stereocenters. The van der Waals surface area contributed by atoms with Crippen LogP contribution in [0.25, 0.3) is 0 Å². The Morgan fingerprint density at radius 3 is 2.60 bits per heavy atom. The van der Waals surface area contributed by atoms with Crippen LogP contribution in [0.15, 0.2) is 18.2 Å². The van der Waals surface area contributed by atoms with E-state index in [1.165, 1.54) is 6.92 Å². The van der Waals surface area contributed by atoms with Gasteiger partial charge in [0, 0.05) is 6.92 Å². The highest BCUT2D eigenvalue weighted by atomic mass is 16.5. The van der Waals surface area contributed by atoms with Gasteiger partial charge in [-0.1, -0.05) is 6.07 Å². The first-order valence-corrected chi connectivity index (χ1v) is 4.55. The van der Waals surface area contributed by atoms with Crippen molar-refractivity contribution in [2.75, 3.05) is 0 Å². The van der Waals surface area contributed by atoms with Crippen LogP contribution in [0.1, 0.15) is 18.1 Å². The molecule has 0 heterocycles. The van der Waals surface area contributed by atoms with Crippen molar-refractivity contribution in [3.63, 3.8) is 0 Å². The fourth-order valence-electron chi connectivity index (χ4n) is 1.26. The third-order valence-electron chi connectivity index (χ3n) is 1.95. The Labute approximate surface area is 88.0 Å². The topological polar surface area (TPSA) is 69.4 Å². The highest BCUT2D eigenvalue weighted by Crippen LogP contribution is 2.17. The second kappa shape index (κ2) is 4.59. The minimum Gasteiger partial charge on any atom is -0.427 e. The van der Waals surface area contributed by atoms with Crippen LogP contribution in [-0.4, -0.2) is 11.9 Å². The lowest BCUT2D eigenvalue weighted by Gasteiger charge is -2.06. The Morgan fingerprint density at radius 1 is 1.40 bits per heavy atom. The molecule has 1 amide bonds. The standard InChI is InChI=1S/C11H13NO3/c1-7-3-4-10(15-8(2)13)5-9(7)6-11(12)14/h3-5H,6H2,1-2H3,(H2,12,14). The fraction of sp³-hybridized carbons (Fsp3) is 0.273. The maximum Gasteiger partial charge on any atom is 0.308 e. The number of ether oxygens (including phenoxy) is 1. The molecule has 0 aliphatic heterocycles. The molecule has 15 heavy (non-hydrogen) atoms. The first-order valence-electron chi connectivity index (χ1n) is 4.55. The number of carbonyl (C=O) groups is 2. The molecule has 0 fully saturated rings. The molecule has 0 radical (unpaired) electrons. The normalized spacial score (nSPS) is 9.73. The van der Waals surface area contributed by atoms with Gasteiger partial charge in [-0.05, 0) is 30.2 Å². The molecule has 1 aromatic carbocycles. The number of amides is 1. The number of nitrogens with two attached hydrogens (primary N) is 1. The number of hydrogen-bond donors (Lipinski definition) is 1. The maximum atomic E-state index is 10.8. The number of primary amides is 1. The van der Waals surface area contributed by atoms with Crippen LogP contribution in [0.4, 0.5) is 0 Å². The van der Waals surface area contributed by atoms with Gasteiger partial charge in [0.2, 0.25) is 5.91 Å². The van der Waals surface area contributed by atoms with Crippen molar-refractivity contribution in [1.29, 1.82) is 0 Å². The molecule has 0 spiro atoms. The van der Waals surface area contributed by atoms with E-state index < -0.39 is 5.91 Å². The monoisotopic (exact) mass is 207 g/mol. The van der Waals surface area contributed by atoms with Gasteiger partial charge in [0.05, 0.1) is 6.42 Å². The van der Waals surface area contributed by atoms with Gasteiger partial charge in [-0.2, -0.15) is 0 Å². The zero-order valence-electron chi connectivity index (χ0n) is 8.74. The van der Waals surface area contributed by atoms with E-state index >= 15 is 0 Å². The maximum absolute atomic E-state index is 10.8. The second-order valence-corrected chi connectivity index (χ2v) is 3.33. The summed E-state index contributed by atoms with van der Waals surface area (Å²) in [5.41, 5.74) is 6.83. The molecule has 0 saturated heterocycles. The molecule has 0 saturated carbocycles. The first kappa shape index (κ1) is 11.2. The van der Waals surface area contributed by atoms with Crippen molar-refractivity contribution in [2.45, 2.75) is 20.3 Å². The first-order chi connectivity index (χ1) is 6.99. The number of benzene rings is 1. The number of esters is 1. The van der Waals surface area contributed by atoms with Crippen molar-refractivity contribution in [1.82, 2.24) is 0 Å². The molecule has 0 atom stereocenters.